The molecule has 0 aliphatic carbocycles. The molecule has 3 N–H and O–H groups in total. The van der Waals surface area contributed by atoms with Crippen LogP contribution < -0.4 is 9.64 Å². The molecule has 2 rings (SSSR count). The van der Waals surface area contributed by atoms with Crippen molar-refractivity contribution in [1.82, 2.24) is 4.90 Å². The van der Waals surface area contributed by atoms with Crippen LogP contribution in [0, 0.1) is 0 Å². The van der Waals surface area contributed by atoms with Crippen LogP contribution in [-0.2, 0) is 14.9 Å². The van der Waals surface area contributed by atoms with Gasteiger partial charge in [-0.2, -0.15) is 0 Å². The first-order chi connectivity index (χ1) is 11.7. The van der Waals surface area contributed by atoms with Crippen molar-refractivity contribution >= 4 is 16.0 Å². The monoisotopic (exact) mass is 374 g/mol. The summed E-state index contributed by atoms with van der Waals surface area (Å²) in [6.07, 6.45) is -1.20. The van der Waals surface area contributed by atoms with Crippen LogP contribution in [0.25, 0.3) is 0 Å². The molecule has 0 unspecified atom stereocenters. The van der Waals surface area contributed by atoms with Crippen molar-refractivity contribution in [3.63, 3.8) is 0 Å². The zero-order valence-corrected chi connectivity index (χ0v) is 14.4. The first kappa shape index (κ1) is 19.4. The van der Waals surface area contributed by atoms with Gasteiger partial charge in [-0.1, -0.05) is 6.07 Å². The van der Waals surface area contributed by atoms with Gasteiger partial charge < -0.3 is 29.3 Å². The lowest BCUT2D eigenvalue weighted by Crippen LogP contribution is -3.16. The zero-order chi connectivity index (χ0) is 18.4. The maximum absolute atomic E-state index is 12.1. The normalized spacial score (nSPS) is 17.3. The molecule has 1 heterocycles. The van der Waals surface area contributed by atoms with Crippen LogP contribution >= 0.6 is 0 Å². The number of amides is 1. The van der Waals surface area contributed by atoms with E-state index in [1.54, 1.807) is 17.0 Å². The zero-order valence-electron chi connectivity index (χ0n) is 13.6. The highest BCUT2D eigenvalue weighted by molar-refractivity contribution is 7.85. The Morgan fingerprint density at radius 3 is 2.64 bits per heavy atom. The molecule has 1 aromatic carbocycles. The van der Waals surface area contributed by atoms with E-state index in [0.29, 0.717) is 31.9 Å². The summed E-state index contributed by atoms with van der Waals surface area (Å²) in [6, 6.07) is 6.18. The van der Waals surface area contributed by atoms with E-state index in [2.05, 4.69) is 0 Å². The lowest BCUT2D eigenvalue weighted by molar-refractivity contribution is -0.906. The van der Waals surface area contributed by atoms with Gasteiger partial charge in [0, 0.05) is 6.07 Å². The van der Waals surface area contributed by atoms with Gasteiger partial charge in [-0.25, -0.2) is 8.42 Å². The second-order valence-electron chi connectivity index (χ2n) is 6.00. The van der Waals surface area contributed by atoms with Crippen LogP contribution in [0.15, 0.2) is 24.3 Å². The van der Waals surface area contributed by atoms with E-state index in [9.17, 15) is 28.0 Å². The van der Waals surface area contributed by atoms with Crippen molar-refractivity contribution < 1.29 is 37.6 Å². The summed E-state index contributed by atoms with van der Waals surface area (Å²) >= 11 is 0. The van der Waals surface area contributed by atoms with Gasteiger partial charge >= 0.3 is 0 Å². The number of hydrogen-bond acceptors (Lipinski definition) is 7. The Balaban J connectivity index is 1.73. The summed E-state index contributed by atoms with van der Waals surface area (Å²) in [7, 11) is -4.45. The predicted octanol–water partition coefficient (Wildman–Crippen LogP) is -2.60. The Morgan fingerprint density at radius 2 is 2.04 bits per heavy atom. The first-order valence-corrected chi connectivity index (χ1v) is 9.45. The molecule has 9 nitrogen and oxygen atoms in total. The number of phenolic OH excluding ortho intramolecular Hbond substituents is 1. The number of carbonyl (C=O) groups is 1. The van der Waals surface area contributed by atoms with Gasteiger partial charge in [0.15, 0.2) is 6.61 Å². The minimum absolute atomic E-state index is 0.0563. The van der Waals surface area contributed by atoms with E-state index in [0.717, 1.165) is 4.90 Å². The Labute approximate surface area is 146 Å². The second kappa shape index (κ2) is 8.48. The molecule has 1 aliphatic heterocycles. The number of piperazine rings is 1. The summed E-state index contributed by atoms with van der Waals surface area (Å²) < 4.78 is 37.2. The largest absolute Gasteiger partial charge is 0.748 e. The third-order valence-corrected chi connectivity index (χ3v) is 4.72. The molecule has 1 atom stereocenters. The average molecular weight is 374 g/mol. The summed E-state index contributed by atoms with van der Waals surface area (Å²) in [5.41, 5.74) is 0. The molecule has 0 bridgehead atoms. The number of quaternary nitrogens is 1. The number of carbonyl (C=O) groups excluding carboxylic acids is 1. The minimum atomic E-state index is -4.45. The first-order valence-electron chi connectivity index (χ1n) is 7.88. The third kappa shape index (κ3) is 6.86. The van der Waals surface area contributed by atoms with E-state index in [-0.39, 0.29) is 24.8 Å². The van der Waals surface area contributed by atoms with Crippen LogP contribution in [0.5, 0.6) is 11.5 Å². The van der Waals surface area contributed by atoms with Crippen LogP contribution in [0.4, 0.5) is 0 Å². The molecule has 1 saturated heterocycles. The highest BCUT2D eigenvalue weighted by atomic mass is 32.2. The molecule has 0 radical (unpaired) electrons. The van der Waals surface area contributed by atoms with Crippen LogP contribution in [0.3, 0.4) is 0 Å². The van der Waals surface area contributed by atoms with Crippen molar-refractivity contribution in [2.45, 2.75) is 6.10 Å². The minimum Gasteiger partial charge on any atom is -0.748 e. The lowest BCUT2D eigenvalue weighted by atomic mass is 10.2. The van der Waals surface area contributed by atoms with Crippen LogP contribution in [-0.4, -0.2) is 85.2 Å². The Morgan fingerprint density at radius 1 is 1.36 bits per heavy atom. The number of rotatable bonds is 7. The highest BCUT2D eigenvalue weighted by Gasteiger charge is 2.26. The average Bonchev–Trinajstić information content (AvgIpc) is 2.51. The molecular formula is C15H22N2O7S. The van der Waals surface area contributed by atoms with Crippen molar-refractivity contribution in [2.75, 3.05) is 45.1 Å². The van der Waals surface area contributed by atoms with Crippen molar-refractivity contribution in [1.29, 1.82) is 0 Å². The van der Waals surface area contributed by atoms with Crippen molar-refractivity contribution in [3.05, 3.63) is 24.3 Å². The number of aliphatic hydroxyl groups excluding tert-OH is 1. The molecular weight excluding hydrogens is 352 g/mol. The number of nitrogens with zero attached hydrogens (tertiary/aromatic N) is 1. The fourth-order valence-corrected chi connectivity index (χ4v) is 3.30. The standard InChI is InChI=1S/C15H22N2O7S/c18-12-2-1-3-14(8-12)24-10-15(20)17-6-4-16(5-7-17)9-13(19)11-25(21,22)23/h1-3,8,13,18-19H,4-7,9-11H2,(H,21,22,23)/t13-/m0/s1. The quantitative estimate of drug-likeness (QED) is 0.446. The Kier molecular flexibility index (Phi) is 6.59. The number of benzene rings is 1. The van der Waals surface area contributed by atoms with Crippen LogP contribution in [0.1, 0.15) is 0 Å². The molecule has 10 heteroatoms. The Hall–Kier alpha value is -1.88. The van der Waals surface area contributed by atoms with Gasteiger partial charge in [0.1, 0.15) is 24.1 Å². The predicted molar refractivity (Wildman–Crippen MR) is 86.3 cm³/mol. The van der Waals surface area contributed by atoms with E-state index in [1.807, 2.05) is 0 Å². The van der Waals surface area contributed by atoms with Gasteiger partial charge in [0.25, 0.3) is 5.91 Å². The maximum Gasteiger partial charge on any atom is 0.260 e. The topological polar surface area (TPSA) is 132 Å². The number of nitrogens with one attached hydrogen (secondary N) is 1. The summed E-state index contributed by atoms with van der Waals surface area (Å²) in [6.45, 7) is 2.02. The fraction of sp³-hybridized carbons (Fsp3) is 0.533. The molecule has 1 amide bonds. The van der Waals surface area contributed by atoms with Crippen molar-refractivity contribution in [3.8, 4) is 11.5 Å². The number of aromatic hydroxyl groups is 1. The van der Waals surface area contributed by atoms with E-state index < -0.39 is 22.0 Å². The SMILES string of the molecule is O=C(COc1cccc(O)c1)N1CC[NH+](C[C@H](O)CS(=O)(=O)[O-])CC1. The molecule has 1 aromatic rings. The van der Waals surface area contributed by atoms with E-state index >= 15 is 0 Å². The van der Waals surface area contributed by atoms with E-state index in [1.165, 1.54) is 12.1 Å². The number of hydrogen-bond donors (Lipinski definition) is 3. The molecule has 1 aliphatic rings. The fourth-order valence-electron chi connectivity index (χ4n) is 2.71. The van der Waals surface area contributed by atoms with Crippen LogP contribution in [0.2, 0.25) is 0 Å². The molecule has 0 saturated carbocycles. The summed E-state index contributed by atoms with van der Waals surface area (Å²) in [5.74, 6) is -0.526. The van der Waals surface area contributed by atoms with Gasteiger partial charge in [0.2, 0.25) is 0 Å². The molecule has 0 aromatic heterocycles. The maximum atomic E-state index is 12.1. The summed E-state index contributed by atoms with van der Waals surface area (Å²) in [4.78, 5) is 14.7. The molecule has 1 fully saturated rings. The lowest BCUT2D eigenvalue weighted by Gasteiger charge is -2.33. The number of phenols is 1. The van der Waals surface area contributed by atoms with Crippen molar-refractivity contribution in [2.24, 2.45) is 0 Å². The smallest absolute Gasteiger partial charge is 0.260 e. The number of ether oxygens (including phenoxy) is 1. The van der Waals surface area contributed by atoms with Gasteiger partial charge in [0.05, 0.1) is 42.1 Å². The molecule has 140 valence electrons. The highest BCUT2D eigenvalue weighted by Crippen LogP contribution is 2.17. The third-order valence-electron chi connectivity index (χ3n) is 3.92. The van der Waals surface area contributed by atoms with Gasteiger partial charge in [-0.3, -0.25) is 4.79 Å². The second-order valence-corrected chi connectivity index (χ2v) is 7.45. The number of aliphatic hydroxyl groups is 1. The summed E-state index contributed by atoms with van der Waals surface area (Å²) in [5, 5.41) is 19.0. The molecule has 25 heavy (non-hydrogen) atoms. The van der Waals surface area contributed by atoms with Gasteiger partial charge in [-0.15, -0.1) is 0 Å². The van der Waals surface area contributed by atoms with E-state index in [4.69, 9.17) is 4.74 Å². The van der Waals surface area contributed by atoms with Gasteiger partial charge in [-0.05, 0) is 12.1 Å². The Bertz CT molecular complexity index is 687. The molecule has 0 spiro atoms.